The van der Waals surface area contributed by atoms with Crippen molar-refractivity contribution in [2.75, 3.05) is 5.32 Å². The number of hydrogen-bond donors (Lipinski definition) is 1. The number of nitrogens with zero attached hydrogens (tertiary/aromatic N) is 1. The topological polar surface area (TPSA) is 90.7 Å². The molecule has 0 radical (unpaired) electrons. The van der Waals surface area contributed by atoms with Gasteiger partial charge in [-0.1, -0.05) is 17.7 Å². The monoisotopic (exact) mass is 400 g/mol. The molecule has 2 aromatic carbocycles. The van der Waals surface area contributed by atoms with Crippen LogP contribution in [0.4, 0.5) is 20.2 Å². The van der Waals surface area contributed by atoms with E-state index in [-0.39, 0.29) is 27.9 Å². The lowest BCUT2D eigenvalue weighted by Crippen LogP contribution is -2.30. The number of nitrogens with one attached hydrogen (secondary N) is 1. The summed E-state index contributed by atoms with van der Waals surface area (Å²) in [6.07, 6.45) is -1.07. The molecule has 0 aliphatic rings. The molecule has 0 saturated carbocycles. The second-order valence-corrected chi connectivity index (χ2v) is 5.91. The summed E-state index contributed by atoms with van der Waals surface area (Å²) in [6.45, 7) is 0.0778. The number of halogens is 3. The molecule has 1 N–H and O–H groups in total. The number of nitro benzene ring substituents is 1. The highest BCUT2D eigenvalue weighted by atomic mass is 35.5. The summed E-state index contributed by atoms with van der Waals surface area (Å²) in [4.78, 5) is 22.7. The van der Waals surface area contributed by atoms with Crippen molar-refractivity contribution < 1.29 is 28.0 Å². The van der Waals surface area contributed by atoms with Crippen LogP contribution in [0, 0.1) is 17.0 Å². The SMILES string of the molecule is Cc1ccc(OC(C)C(=O)Nc2ccc(OC(F)F)c(Cl)c2)c([N+](=O)[O-])c1. The quantitative estimate of drug-likeness (QED) is 0.543. The molecule has 0 heterocycles. The van der Waals surface area contributed by atoms with Gasteiger partial charge in [0, 0.05) is 11.8 Å². The molecule has 0 spiro atoms. The van der Waals surface area contributed by atoms with Crippen molar-refractivity contribution in [1.29, 1.82) is 0 Å². The Morgan fingerprint density at radius 1 is 1.19 bits per heavy atom. The van der Waals surface area contributed by atoms with Gasteiger partial charge in [0.2, 0.25) is 0 Å². The standard InChI is InChI=1S/C17H15ClF2N2O5/c1-9-3-5-15(13(7-9)22(24)25)26-10(2)16(23)21-11-4-6-14(12(18)8-11)27-17(19)20/h3-8,10,17H,1-2H3,(H,21,23). The molecular weight excluding hydrogens is 386 g/mol. The number of rotatable bonds is 7. The first-order chi connectivity index (χ1) is 12.7. The lowest BCUT2D eigenvalue weighted by molar-refractivity contribution is -0.386. The van der Waals surface area contributed by atoms with Gasteiger partial charge in [0.15, 0.2) is 11.9 Å². The van der Waals surface area contributed by atoms with Crippen molar-refractivity contribution in [1.82, 2.24) is 0 Å². The van der Waals surface area contributed by atoms with E-state index in [0.29, 0.717) is 5.56 Å². The van der Waals surface area contributed by atoms with Crippen LogP contribution in [0.25, 0.3) is 0 Å². The second kappa shape index (κ2) is 8.63. The normalized spacial score (nSPS) is 11.8. The zero-order valence-corrected chi connectivity index (χ0v) is 15.0. The minimum absolute atomic E-state index is 0.0491. The van der Waals surface area contributed by atoms with Crippen LogP contribution < -0.4 is 14.8 Å². The van der Waals surface area contributed by atoms with E-state index in [1.54, 1.807) is 13.0 Å². The number of hydrogen-bond acceptors (Lipinski definition) is 5. The first-order valence-corrected chi connectivity index (χ1v) is 8.02. The highest BCUT2D eigenvalue weighted by Gasteiger charge is 2.21. The molecule has 0 saturated heterocycles. The van der Waals surface area contributed by atoms with Gasteiger partial charge >= 0.3 is 12.3 Å². The van der Waals surface area contributed by atoms with Crippen LogP contribution in [-0.2, 0) is 4.79 Å². The molecule has 0 bridgehead atoms. The molecular formula is C17H15ClF2N2O5. The van der Waals surface area contributed by atoms with E-state index in [1.165, 1.54) is 37.3 Å². The fourth-order valence-electron chi connectivity index (χ4n) is 2.13. The summed E-state index contributed by atoms with van der Waals surface area (Å²) >= 11 is 5.82. The predicted octanol–water partition coefficient (Wildman–Crippen LogP) is 4.56. The largest absolute Gasteiger partial charge is 0.474 e. The Kier molecular flexibility index (Phi) is 6.51. The first kappa shape index (κ1) is 20.4. The Morgan fingerprint density at radius 2 is 1.85 bits per heavy atom. The summed E-state index contributed by atoms with van der Waals surface area (Å²) in [5.74, 6) is -0.889. The Balaban J connectivity index is 2.08. The van der Waals surface area contributed by atoms with Gasteiger partial charge in [-0.05, 0) is 43.7 Å². The number of alkyl halides is 2. The molecule has 1 atom stereocenters. The second-order valence-electron chi connectivity index (χ2n) is 5.50. The van der Waals surface area contributed by atoms with Gasteiger partial charge in [0.25, 0.3) is 5.91 Å². The Morgan fingerprint density at radius 3 is 2.44 bits per heavy atom. The van der Waals surface area contributed by atoms with Gasteiger partial charge < -0.3 is 14.8 Å². The predicted molar refractivity (Wildman–Crippen MR) is 94.6 cm³/mol. The van der Waals surface area contributed by atoms with Gasteiger partial charge in [0.05, 0.1) is 9.95 Å². The lowest BCUT2D eigenvalue weighted by atomic mass is 10.2. The number of amides is 1. The van der Waals surface area contributed by atoms with E-state index >= 15 is 0 Å². The molecule has 0 aliphatic heterocycles. The average Bonchev–Trinajstić information content (AvgIpc) is 2.58. The zero-order valence-electron chi connectivity index (χ0n) is 14.2. The van der Waals surface area contributed by atoms with E-state index in [2.05, 4.69) is 10.1 Å². The minimum Gasteiger partial charge on any atom is -0.474 e. The number of carbonyl (C=O) groups excluding carboxylic acids is 1. The highest BCUT2D eigenvalue weighted by molar-refractivity contribution is 6.32. The maximum absolute atomic E-state index is 12.2. The van der Waals surface area contributed by atoms with Gasteiger partial charge in [-0.2, -0.15) is 8.78 Å². The molecule has 10 heteroatoms. The van der Waals surface area contributed by atoms with Crippen LogP contribution in [0.15, 0.2) is 36.4 Å². The Labute approximate surface area is 158 Å². The third-order valence-electron chi connectivity index (χ3n) is 3.40. The van der Waals surface area contributed by atoms with Crippen LogP contribution in [0.5, 0.6) is 11.5 Å². The maximum Gasteiger partial charge on any atom is 0.387 e. The van der Waals surface area contributed by atoms with Crippen molar-refractivity contribution in [3.63, 3.8) is 0 Å². The number of benzene rings is 2. The molecule has 27 heavy (non-hydrogen) atoms. The molecule has 1 amide bonds. The number of nitro groups is 1. The number of ether oxygens (including phenoxy) is 2. The summed E-state index contributed by atoms with van der Waals surface area (Å²) in [5.41, 5.74) is 0.638. The summed E-state index contributed by atoms with van der Waals surface area (Å²) in [5, 5.41) is 13.5. The third-order valence-corrected chi connectivity index (χ3v) is 3.69. The van der Waals surface area contributed by atoms with E-state index in [0.717, 1.165) is 0 Å². The number of aryl methyl sites for hydroxylation is 1. The summed E-state index contributed by atoms with van der Waals surface area (Å²) < 4.78 is 34.0. The van der Waals surface area contributed by atoms with Gasteiger partial charge in [-0.25, -0.2) is 0 Å². The van der Waals surface area contributed by atoms with E-state index in [1.807, 2.05) is 0 Å². The maximum atomic E-state index is 12.2. The zero-order chi connectivity index (χ0) is 20.1. The van der Waals surface area contributed by atoms with Crippen molar-refractivity contribution in [2.24, 2.45) is 0 Å². The van der Waals surface area contributed by atoms with Crippen LogP contribution in [0.2, 0.25) is 5.02 Å². The number of anilines is 1. The van der Waals surface area contributed by atoms with Crippen molar-refractivity contribution in [3.05, 3.63) is 57.1 Å². The fraction of sp³-hybridized carbons (Fsp3) is 0.235. The van der Waals surface area contributed by atoms with E-state index in [9.17, 15) is 23.7 Å². The highest BCUT2D eigenvalue weighted by Crippen LogP contribution is 2.30. The van der Waals surface area contributed by atoms with Gasteiger partial charge in [0.1, 0.15) is 5.75 Å². The van der Waals surface area contributed by atoms with Crippen LogP contribution in [-0.4, -0.2) is 23.5 Å². The van der Waals surface area contributed by atoms with E-state index < -0.39 is 23.5 Å². The molecule has 2 aromatic rings. The van der Waals surface area contributed by atoms with Crippen LogP contribution >= 0.6 is 11.6 Å². The average molecular weight is 401 g/mol. The molecule has 144 valence electrons. The van der Waals surface area contributed by atoms with Gasteiger partial charge in [-0.3, -0.25) is 14.9 Å². The molecule has 7 nitrogen and oxygen atoms in total. The van der Waals surface area contributed by atoms with Gasteiger partial charge in [-0.15, -0.1) is 0 Å². The number of carbonyl (C=O) groups is 1. The lowest BCUT2D eigenvalue weighted by Gasteiger charge is -2.15. The molecule has 0 fully saturated rings. The molecule has 0 aliphatic carbocycles. The molecule has 0 aromatic heterocycles. The fourth-order valence-corrected chi connectivity index (χ4v) is 2.35. The van der Waals surface area contributed by atoms with Crippen molar-refractivity contribution in [3.8, 4) is 11.5 Å². The van der Waals surface area contributed by atoms with E-state index in [4.69, 9.17) is 16.3 Å². The smallest absolute Gasteiger partial charge is 0.387 e. The molecule has 1 unspecified atom stereocenters. The molecule has 2 rings (SSSR count). The summed E-state index contributed by atoms with van der Waals surface area (Å²) in [6, 6.07) is 8.10. The first-order valence-electron chi connectivity index (χ1n) is 7.64. The van der Waals surface area contributed by atoms with Crippen LogP contribution in [0.1, 0.15) is 12.5 Å². The van der Waals surface area contributed by atoms with Crippen LogP contribution in [0.3, 0.4) is 0 Å². The minimum atomic E-state index is -3.03. The third kappa shape index (κ3) is 5.52. The van der Waals surface area contributed by atoms with Crippen molar-refractivity contribution in [2.45, 2.75) is 26.6 Å². The van der Waals surface area contributed by atoms with Crippen molar-refractivity contribution >= 4 is 28.9 Å². The Hall–Kier alpha value is -2.94. The Bertz CT molecular complexity index is 863. The summed E-state index contributed by atoms with van der Waals surface area (Å²) in [7, 11) is 0.